The van der Waals surface area contributed by atoms with E-state index in [2.05, 4.69) is 5.16 Å². The highest BCUT2D eigenvalue weighted by Crippen LogP contribution is 2.15. The van der Waals surface area contributed by atoms with E-state index in [0.717, 1.165) is 11.1 Å². The van der Waals surface area contributed by atoms with E-state index in [0.29, 0.717) is 22.2 Å². The van der Waals surface area contributed by atoms with Gasteiger partial charge in [-0.25, -0.2) is 0 Å². The van der Waals surface area contributed by atoms with Gasteiger partial charge in [-0.15, -0.1) is 0 Å². The fourth-order valence-electron chi connectivity index (χ4n) is 1.63. The average Bonchev–Trinajstić information content (AvgIpc) is 2.39. The Morgan fingerprint density at radius 2 is 1.39 bits per heavy atom. The minimum Gasteiger partial charge on any atom is -0.411 e. The maximum absolute atomic E-state index is 9.09. The van der Waals surface area contributed by atoms with Crippen LogP contribution in [0.1, 0.15) is 11.1 Å². The molecule has 0 radical (unpaired) electrons. The van der Waals surface area contributed by atoms with Gasteiger partial charge < -0.3 is 5.21 Å². The summed E-state index contributed by atoms with van der Waals surface area (Å²) >= 11 is 11.6. The quantitative estimate of drug-likeness (QED) is 0.504. The van der Waals surface area contributed by atoms with Gasteiger partial charge in [0.25, 0.3) is 0 Å². The second-order valence-corrected chi connectivity index (χ2v) is 4.73. The van der Waals surface area contributed by atoms with Crippen LogP contribution in [-0.2, 0) is 6.42 Å². The number of oxime groups is 1. The Bertz CT molecular complexity index is 547. The Labute approximate surface area is 115 Å². The van der Waals surface area contributed by atoms with Crippen molar-refractivity contribution in [3.05, 3.63) is 69.7 Å². The molecule has 0 saturated heterocycles. The molecule has 0 atom stereocenters. The zero-order valence-electron chi connectivity index (χ0n) is 9.48. The molecular weight excluding hydrogens is 269 g/mol. The van der Waals surface area contributed by atoms with Gasteiger partial charge in [0, 0.05) is 16.5 Å². The normalized spacial score (nSPS) is 11.6. The Balaban J connectivity index is 2.20. The second kappa shape index (κ2) is 5.89. The Hall–Kier alpha value is -1.51. The van der Waals surface area contributed by atoms with Gasteiger partial charge in [-0.05, 0) is 35.4 Å². The Kier molecular flexibility index (Phi) is 4.24. The second-order valence-electron chi connectivity index (χ2n) is 3.86. The van der Waals surface area contributed by atoms with Crippen molar-refractivity contribution in [3.63, 3.8) is 0 Å². The lowest BCUT2D eigenvalue weighted by Gasteiger charge is -2.05. The minimum atomic E-state index is 0.537. The SMILES string of the molecule is O/N=C(/Cc1ccc(Cl)cc1)c1ccc(Cl)cc1. The van der Waals surface area contributed by atoms with Gasteiger partial charge in [-0.3, -0.25) is 0 Å². The monoisotopic (exact) mass is 279 g/mol. The van der Waals surface area contributed by atoms with Crippen LogP contribution in [0, 0.1) is 0 Å². The smallest absolute Gasteiger partial charge is 0.0911 e. The molecule has 0 aliphatic rings. The molecule has 18 heavy (non-hydrogen) atoms. The summed E-state index contributed by atoms with van der Waals surface area (Å²) in [5, 5.41) is 13.8. The summed E-state index contributed by atoms with van der Waals surface area (Å²) in [7, 11) is 0. The van der Waals surface area contributed by atoms with E-state index in [1.165, 1.54) is 0 Å². The lowest BCUT2D eigenvalue weighted by atomic mass is 10.0. The number of hydrogen-bond acceptors (Lipinski definition) is 2. The van der Waals surface area contributed by atoms with E-state index < -0.39 is 0 Å². The Morgan fingerprint density at radius 3 is 1.89 bits per heavy atom. The van der Waals surface area contributed by atoms with Crippen LogP contribution in [-0.4, -0.2) is 10.9 Å². The fraction of sp³-hybridized carbons (Fsp3) is 0.0714. The molecule has 2 aromatic rings. The maximum atomic E-state index is 9.09. The van der Waals surface area contributed by atoms with E-state index in [4.69, 9.17) is 28.4 Å². The molecule has 0 amide bonds. The van der Waals surface area contributed by atoms with Gasteiger partial charge in [0.2, 0.25) is 0 Å². The molecule has 0 aliphatic heterocycles. The third-order valence-electron chi connectivity index (χ3n) is 2.58. The van der Waals surface area contributed by atoms with Crippen LogP contribution < -0.4 is 0 Å². The van der Waals surface area contributed by atoms with Gasteiger partial charge in [-0.1, -0.05) is 52.6 Å². The van der Waals surface area contributed by atoms with E-state index in [1.54, 1.807) is 12.1 Å². The van der Waals surface area contributed by atoms with Crippen molar-refractivity contribution in [2.75, 3.05) is 0 Å². The molecule has 0 fully saturated rings. The van der Waals surface area contributed by atoms with E-state index in [-0.39, 0.29) is 0 Å². The Morgan fingerprint density at radius 1 is 0.889 bits per heavy atom. The first-order valence-electron chi connectivity index (χ1n) is 5.40. The first-order valence-corrected chi connectivity index (χ1v) is 6.16. The molecule has 0 bridgehead atoms. The van der Waals surface area contributed by atoms with Crippen molar-refractivity contribution in [2.45, 2.75) is 6.42 Å². The lowest BCUT2D eigenvalue weighted by molar-refractivity contribution is 0.318. The van der Waals surface area contributed by atoms with Gasteiger partial charge in [0.05, 0.1) is 5.71 Å². The van der Waals surface area contributed by atoms with Gasteiger partial charge in [0.15, 0.2) is 0 Å². The molecule has 2 aromatic carbocycles. The number of benzene rings is 2. The largest absolute Gasteiger partial charge is 0.411 e. The van der Waals surface area contributed by atoms with Crippen molar-refractivity contribution in [1.82, 2.24) is 0 Å². The third-order valence-corrected chi connectivity index (χ3v) is 3.09. The highest BCUT2D eigenvalue weighted by Gasteiger charge is 2.06. The zero-order chi connectivity index (χ0) is 13.0. The molecule has 4 heteroatoms. The molecule has 1 N–H and O–H groups in total. The predicted octanol–water partition coefficient (Wildman–Crippen LogP) is 4.41. The molecule has 0 spiro atoms. The highest BCUT2D eigenvalue weighted by atomic mass is 35.5. The number of halogens is 2. The molecule has 0 unspecified atom stereocenters. The summed E-state index contributed by atoms with van der Waals surface area (Å²) in [5.41, 5.74) is 2.47. The van der Waals surface area contributed by atoms with Gasteiger partial charge >= 0.3 is 0 Å². The van der Waals surface area contributed by atoms with Crippen LogP contribution in [0.25, 0.3) is 0 Å². The summed E-state index contributed by atoms with van der Waals surface area (Å²) in [6.07, 6.45) is 0.537. The van der Waals surface area contributed by atoms with Crippen LogP contribution in [0.15, 0.2) is 53.7 Å². The number of rotatable bonds is 3. The number of nitrogens with zero attached hydrogens (tertiary/aromatic N) is 1. The maximum Gasteiger partial charge on any atom is 0.0911 e. The fourth-order valence-corrected chi connectivity index (χ4v) is 1.89. The summed E-state index contributed by atoms with van der Waals surface area (Å²) in [4.78, 5) is 0. The van der Waals surface area contributed by atoms with Crippen molar-refractivity contribution in [2.24, 2.45) is 5.16 Å². The topological polar surface area (TPSA) is 32.6 Å². The molecule has 0 saturated carbocycles. The van der Waals surface area contributed by atoms with Gasteiger partial charge in [0.1, 0.15) is 0 Å². The van der Waals surface area contributed by atoms with Crippen molar-refractivity contribution in [1.29, 1.82) is 0 Å². The predicted molar refractivity (Wildman–Crippen MR) is 74.9 cm³/mol. The van der Waals surface area contributed by atoms with E-state index >= 15 is 0 Å². The van der Waals surface area contributed by atoms with Crippen molar-refractivity contribution in [3.8, 4) is 0 Å². The minimum absolute atomic E-state index is 0.537. The first-order chi connectivity index (χ1) is 8.69. The summed E-state index contributed by atoms with van der Waals surface area (Å²) < 4.78 is 0. The van der Waals surface area contributed by atoms with Crippen molar-refractivity contribution >= 4 is 28.9 Å². The molecule has 0 heterocycles. The van der Waals surface area contributed by atoms with Crippen LogP contribution in [0.4, 0.5) is 0 Å². The molecule has 92 valence electrons. The van der Waals surface area contributed by atoms with E-state index in [9.17, 15) is 0 Å². The lowest BCUT2D eigenvalue weighted by Crippen LogP contribution is -2.05. The first kappa shape index (κ1) is 12.9. The summed E-state index contributed by atoms with van der Waals surface area (Å²) in [5.74, 6) is 0. The standard InChI is InChI=1S/C14H11Cl2NO/c15-12-5-1-10(2-6-12)9-14(17-18)11-3-7-13(16)8-4-11/h1-8,18H,9H2/b17-14-. The van der Waals surface area contributed by atoms with E-state index in [1.807, 2.05) is 36.4 Å². The molecule has 2 rings (SSSR count). The number of hydrogen-bond donors (Lipinski definition) is 1. The van der Waals surface area contributed by atoms with Crippen LogP contribution in [0.5, 0.6) is 0 Å². The molecule has 0 aromatic heterocycles. The highest BCUT2D eigenvalue weighted by molar-refractivity contribution is 6.31. The van der Waals surface area contributed by atoms with Crippen LogP contribution in [0.3, 0.4) is 0 Å². The van der Waals surface area contributed by atoms with Crippen LogP contribution >= 0.6 is 23.2 Å². The third kappa shape index (κ3) is 3.25. The van der Waals surface area contributed by atoms with Crippen molar-refractivity contribution < 1.29 is 5.21 Å². The van der Waals surface area contributed by atoms with Gasteiger partial charge in [-0.2, -0.15) is 0 Å². The van der Waals surface area contributed by atoms with Crippen LogP contribution in [0.2, 0.25) is 10.0 Å². The zero-order valence-corrected chi connectivity index (χ0v) is 11.0. The summed E-state index contributed by atoms with van der Waals surface area (Å²) in [6.45, 7) is 0. The molecule has 0 aliphatic carbocycles. The molecular formula is C14H11Cl2NO. The molecule has 2 nitrogen and oxygen atoms in total. The summed E-state index contributed by atoms with van der Waals surface area (Å²) in [6, 6.07) is 14.6. The average molecular weight is 280 g/mol.